The summed E-state index contributed by atoms with van der Waals surface area (Å²) in [5.74, 6) is -1.08. The van der Waals surface area contributed by atoms with Crippen LogP contribution in [0.2, 0.25) is 0 Å². The number of aryl methyl sites for hydroxylation is 1. The van der Waals surface area contributed by atoms with Crippen LogP contribution in [0.25, 0.3) is 0 Å². The molecule has 0 amide bonds. The van der Waals surface area contributed by atoms with E-state index >= 15 is 0 Å². The van der Waals surface area contributed by atoms with Gasteiger partial charge in [0.2, 0.25) is 0 Å². The van der Waals surface area contributed by atoms with Gasteiger partial charge in [0.25, 0.3) is 0 Å². The van der Waals surface area contributed by atoms with Crippen molar-refractivity contribution in [3.63, 3.8) is 0 Å². The van der Waals surface area contributed by atoms with Gasteiger partial charge in [-0.25, -0.2) is 0 Å². The molecule has 1 fully saturated rings. The topological polar surface area (TPSA) is 80.3 Å². The van der Waals surface area contributed by atoms with E-state index in [0.29, 0.717) is 17.7 Å². The standard InChI is InChI=1S/C19H17NO4/c1-11-14(7-8-24-11)18(21)17(10-20)19(22)16-9-15(16)12-3-5-13(23-2)6-4-12/h3-8,15-17H,9H2,1-2H3/t15-,16+,17-/m0/s1. The van der Waals surface area contributed by atoms with Crippen LogP contribution in [0.15, 0.2) is 41.0 Å². The summed E-state index contributed by atoms with van der Waals surface area (Å²) in [6, 6.07) is 10.9. The molecule has 5 heteroatoms. The third kappa shape index (κ3) is 2.83. The molecule has 0 radical (unpaired) electrons. The number of furan rings is 1. The summed E-state index contributed by atoms with van der Waals surface area (Å²) < 4.78 is 10.2. The van der Waals surface area contributed by atoms with Crippen LogP contribution < -0.4 is 4.74 Å². The van der Waals surface area contributed by atoms with Crippen molar-refractivity contribution in [2.45, 2.75) is 19.3 Å². The lowest BCUT2D eigenvalue weighted by Crippen LogP contribution is -2.24. The first-order valence-electron chi connectivity index (χ1n) is 7.72. The Labute approximate surface area is 139 Å². The van der Waals surface area contributed by atoms with Gasteiger partial charge >= 0.3 is 0 Å². The first-order chi connectivity index (χ1) is 11.6. The van der Waals surface area contributed by atoms with Crippen molar-refractivity contribution in [1.82, 2.24) is 0 Å². The van der Waals surface area contributed by atoms with Crippen LogP contribution in [0.5, 0.6) is 5.75 Å². The Morgan fingerprint density at radius 1 is 1.29 bits per heavy atom. The molecule has 0 unspecified atom stereocenters. The molecule has 122 valence electrons. The number of nitrogens with zero attached hydrogens (tertiary/aromatic N) is 1. The highest BCUT2D eigenvalue weighted by molar-refractivity contribution is 6.14. The van der Waals surface area contributed by atoms with Crippen molar-refractivity contribution >= 4 is 11.6 Å². The highest BCUT2D eigenvalue weighted by atomic mass is 16.5. The van der Waals surface area contributed by atoms with Gasteiger partial charge in [-0.2, -0.15) is 5.26 Å². The van der Waals surface area contributed by atoms with Gasteiger partial charge < -0.3 is 9.15 Å². The number of Topliss-reactive ketones (excluding diaryl/α,β-unsaturated/α-hetero) is 2. The molecule has 1 aliphatic rings. The number of hydrogen-bond acceptors (Lipinski definition) is 5. The summed E-state index contributed by atoms with van der Waals surface area (Å²) in [5, 5.41) is 9.32. The molecule has 0 saturated heterocycles. The van der Waals surface area contributed by atoms with E-state index in [-0.39, 0.29) is 17.6 Å². The molecule has 1 aromatic carbocycles. The van der Waals surface area contributed by atoms with Gasteiger partial charge in [-0.3, -0.25) is 9.59 Å². The average molecular weight is 323 g/mol. The number of rotatable bonds is 6. The molecule has 3 rings (SSSR count). The number of ether oxygens (including phenoxy) is 1. The predicted molar refractivity (Wildman–Crippen MR) is 85.7 cm³/mol. The fourth-order valence-corrected chi connectivity index (χ4v) is 2.99. The van der Waals surface area contributed by atoms with E-state index in [1.54, 1.807) is 14.0 Å². The smallest absolute Gasteiger partial charge is 0.191 e. The van der Waals surface area contributed by atoms with Gasteiger partial charge in [0.05, 0.1) is 25.0 Å². The fourth-order valence-electron chi connectivity index (χ4n) is 2.99. The molecule has 3 atom stereocenters. The van der Waals surface area contributed by atoms with Crippen molar-refractivity contribution < 1.29 is 18.7 Å². The molecule has 0 spiro atoms. The predicted octanol–water partition coefficient (Wildman–Crippen LogP) is 3.29. The summed E-state index contributed by atoms with van der Waals surface area (Å²) in [4.78, 5) is 25.0. The number of carbonyl (C=O) groups is 2. The maximum atomic E-state index is 12.6. The van der Waals surface area contributed by atoms with E-state index in [1.807, 2.05) is 30.3 Å². The maximum absolute atomic E-state index is 12.6. The molecule has 0 aliphatic heterocycles. The zero-order chi connectivity index (χ0) is 17.3. The van der Waals surface area contributed by atoms with Crippen molar-refractivity contribution in [2.24, 2.45) is 11.8 Å². The quantitative estimate of drug-likeness (QED) is 0.602. The van der Waals surface area contributed by atoms with Crippen LogP contribution in [-0.2, 0) is 4.79 Å². The summed E-state index contributed by atoms with van der Waals surface area (Å²) in [5.41, 5.74) is 1.33. The van der Waals surface area contributed by atoms with E-state index < -0.39 is 11.7 Å². The van der Waals surface area contributed by atoms with Crippen LogP contribution in [0.4, 0.5) is 0 Å². The van der Waals surface area contributed by atoms with Crippen molar-refractivity contribution in [3.8, 4) is 11.8 Å². The van der Waals surface area contributed by atoms with E-state index in [0.717, 1.165) is 11.3 Å². The maximum Gasteiger partial charge on any atom is 0.191 e. The van der Waals surface area contributed by atoms with Crippen molar-refractivity contribution in [2.75, 3.05) is 7.11 Å². The monoisotopic (exact) mass is 323 g/mol. The number of nitriles is 1. The molecule has 0 bridgehead atoms. The lowest BCUT2D eigenvalue weighted by molar-refractivity contribution is -0.121. The van der Waals surface area contributed by atoms with Gasteiger partial charge in [0, 0.05) is 5.92 Å². The van der Waals surface area contributed by atoms with Crippen molar-refractivity contribution in [3.05, 3.63) is 53.5 Å². The normalized spacial score (nSPS) is 20.0. The zero-order valence-corrected chi connectivity index (χ0v) is 13.5. The zero-order valence-electron chi connectivity index (χ0n) is 13.5. The number of carbonyl (C=O) groups excluding carboxylic acids is 2. The van der Waals surface area contributed by atoms with Gasteiger partial charge in [-0.1, -0.05) is 12.1 Å². The van der Waals surface area contributed by atoms with E-state index in [1.165, 1.54) is 12.3 Å². The molecule has 24 heavy (non-hydrogen) atoms. The Hall–Kier alpha value is -2.87. The molecule has 0 N–H and O–H groups in total. The Morgan fingerprint density at radius 3 is 2.54 bits per heavy atom. The molecule has 1 aromatic heterocycles. The highest BCUT2D eigenvalue weighted by Gasteiger charge is 2.48. The Kier molecular flexibility index (Phi) is 4.22. The summed E-state index contributed by atoms with van der Waals surface area (Å²) in [6.45, 7) is 1.64. The first-order valence-corrected chi connectivity index (χ1v) is 7.72. The van der Waals surface area contributed by atoms with Gasteiger partial charge in [-0.15, -0.1) is 0 Å². The average Bonchev–Trinajstić information content (AvgIpc) is 3.29. The van der Waals surface area contributed by atoms with Crippen LogP contribution in [-0.4, -0.2) is 18.7 Å². The molecule has 5 nitrogen and oxygen atoms in total. The van der Waals surface area contributed by atoms with E-state index in [2.05, 4.69) is 0 Å². The van der Waals surface area contributed by atoms with Crippen molar-refractivity contribution in [1.29, 1.82) is 5.26 Å². The second kappa shape index (κ2) is 6.32. The molecule has 2 aromatic rings. The van der Waals surface area contributed by atoms with Gasteiger partial charge in [0.15, 0.2) is 17.5 Å². The minimum Gasteiger partial charge on any atom is -0.497 e. The third-order valence-electron chi connectivity index (χ3n) is 4.50. The number of ketones is 2. The first kappa shape index (κ1) is 16.0. The number of benzene rings is 1. The van der Waals surface area contributed by atoms with Crippen LogP contribution in [0, 0.1) is 30.1 Å². The number of hydrogen-bond donors (Lipinski definition) is 0. The summed E-state index contributed by atoms with van der Waals surface area (Å²) in [7, 11) is 1.60. The van der Waals surface area contributed by atoms with Crippen LogP contribution in [0.1, 0.15) is 34.0 Å². The van der Waals surface area contributed by atoms with Crippen LogP contribution in [0.3, 0.4) is 0 Å². The van der Waals surface area contributed by atoms with Gasteiger partial charge in [-0.05, 0) is 43.0 Å². The molecule has 1 aliphatic carbocycles. The number of methoxy groups -OCH3 is 1. The minimum atomic E-state index is -1.27. The molecule has 1 saturated carbocycles. The highest BCUT2D eigenvalue weighted by Crippen LogP contribution is 2.49. The second-order valence-corrected chi connectivity index (χ2v) is 5.94. The second-order valence-electron chi connectivity index (χ2n) is 5.94. The lowest BCUT2D eigenvalue weighted by atomic mass is 9.91. The Bertz CT molecular complexity index is 813. The minimum absolute atomic E-state index is 0.0671. The molecular formula is C19H17NO4. The Balaban J connectivity index is 1.73. The Morgan fingerprint density at radius 2 is 2.00 bits per heavy atom. The van der Waals surface area contributed by atoms with Crippen LogP contribution >= 0.6 is 0 Å². The third-order valence-corrected chi connectivity index (χ3v) is 4.50. The van der Waals surface area contributed by atoms with E-state index in [4.69, 9.17) is 9.15 Å². The SMILES string of the molecule is COc1ccc([C@@H]2C[C@H]2C(=O)[C@@H](C#N)C(=O)c2ccoc2C)cc1. The van der Waals surface area contributed by atoms with E-state index in [9.17, 15) is 14.9 Å². The fraction of sp³-hybridized carbons (Fsp3) is 0.316. The lowest BCUT2D eigenvalue weighted by Gasteiger charge is -2.07. The summed E-state index contributed by atoms with van der Waals surface area (Å²) in [6.07, 6.45) is 2.06. The molecule has 1 heterocycles. The largest absolute Gasteiger partial charge is 0.497 e. The van der Waals surface area contributed by atoms with Gasteiger partial charge in [0.1, 0.15) is 11.5 Å². The molecular weight excluding hydrogens is 306 g/mol. The summed E-state index contributed by atoms with van der Waals surface area (Å²) >= 11 is 0.